The van der Waals surface area contributed by atoms with E-state index in [-0.39, 0.29) is 0 Å². The summed E-state index contributed by atoms with van der Waals surface area (Å²) in [5.74, 6) is 0. The number of para-hydroxylation sites is 1. The van der Waals surface area contributed by atoms with E-state index in [9.17, 15) is 0 Å². The number of benzene rings is 1. The van der Waals surface area contributed by atoms with Gasteiger partial charge in [-0.3, -0.25) is 0 Å². The fraction of sp³-hybridized carbons (Fsp3) is 0. The van der Waals surface area contributed by atoms with Crippen molar-refractivity contribution in [2.24, 2.45) is 5.10 Å². The highest BCUT2D eigenvalue weighted by molar-refractivity contribution is 5.98. The average molecular weight is 211 g/mol. The van der Waals surface area contributed by atoms with Crippen molar-refractivity contribution in [1.82, 2.24) is 19.9 Å². The monoisotopic (exact) mass is 211 g/mol. The molecule has 2 aromatic heterocycles. The van der Waals surface area contributed by atoms with Crippen LogP contribution in [-0.4, -0.2) is 26.1 Å². The summed E-state index contributed by atoms with van der Waals surface area (Å²) in [4.78, 5) is 3.19. The van der Waals surface area contributed by atoms with Crippen LogP contribution in [0.3, 0.4) is 0 Å². The van der Waals surface area contributed by atoms with Gasteiger partial charge >= 0.3 is 0 Å². The first kappa shape index (κ1) is 8.84. The normalized spacial score (nSPS) is 11.5. The Balaban J connectivity index is 2.01. The molecule has 3 aromatic rings. The molecule has 0 saturated heterocycles. The van der Waals surface area contributed by atoms with Gasteiger partial charge in [-0.05, 0) is 6.07 Å². The molecule has 0 bridgehead atoms. The fourth-order valence-corrected chi connectivity index (χ4v) is 1.58. The lowest BCUT2D eigenvalue weighted by molar-refractivity contribution is 0.878. The zero-order valence-electron chi connectivity index (χ0n) is 8.41. The third-order valence-corrected chi connectivity index (χ3v) is 2.36. The molecule has 16 heavy (non-hydrogen) atoms. The summed E-state index contributed by atoms with van der Waals surface area (Å²) in [5, 5.41) is 12.7. The third kappa shape index (κ3) is 1.48. The minimum Gasteiger partial charge on any atom is -0.361 e. The molecular weight excluding hydrogens is 202 g/mol. The standard InChI is InChI=1S/C11H9N5/c1-2-4-11-10(3-1)9(5-12-11)6-15-16-7-13-14-8-16/h1-8,12H. The summed E-state index contributed by atoms with van der Waals surface area (Å²) in [6, 6.07) is 8.09. The van der Waals surface area contributed by atoms with E-state index < -0.39 is 0 Å². The molecule has 0 fully saturated rings. The molecule has 1 aromatic carbocycles. The smallest absolute Gasteiger partial charge is 0.141 e. The van der Waals surface area contributed by atoms with Crippen molar-refractivity contribution >= 4 is 17.1 Å². The van der Waals surface area contributed by atoms with Gasteiger partial charge in [-0.15, -0.1) is 10.2 Å². The summed E-state index contributed by atoms with van der Waals surface area (Å²) < 4.78 is 1.56. The highest BCUT2D eigenvalue weighted by Crippen LogP contribution is 2.15. The lowest BCUT2D eigenvalue weighted by atomic mass is 10.2. The second kappa shape index (κ2) is 3.62. The second-order valence-electron chi connectivity index (χ2n) is 3.38. The molecule has 0 aliphatic rings. The van der Waals surface area contributed by atoms with Crippen LogP contribution in [-0.2, 0) is 0 Å². The average Bonchev–Trinajstić information content (AvgIpc) is 2.96. The highest BCUT2D eigenvalue weighted by atomic mass is 15.4. The van der Waals surface area contributed by atoms with Crippen molar-refractivity contribution in [3.8, 4) is 0 Å². The Labute approximate surface area is 91.4 Å². The number of hydrogen-bond donors (Lipinski definition) is 1. The van der Waals surface area contributed by atoms with Gasteiger partial charge < -0.3 is 4.98 Å². The Kier molecular flexibility index (Phi) is 2.00. The Morgan fingerprint density at radius 3 is 2.88 bits per heavy atom. The summed E-state index contributed by atoms with van der Waals surface area (Å²) in [7, 11) is 0. The Morgan fingerprint density at radius 2 is 2.00 bits per heavy atom. The first-order valence-electron chi connectivity index (χ1n) is 4.88. The van der Waals surface area contributed by atoms with Gasteiger partial charge in [0.2, 0.25) is 0 Å². The Morgan fingerprint density at radius 1 is 1.19 bits per heavy atom. The van der Waals surface area contributed by atoms with Crippen LogP contribution in [0.2, 0.25) is 0 Å². The summed E-state index contributed by atoms with van der Waals surface area (Å²) in [5.41, 5.74) is 2.15. The predicted molar refractivity (Wildman–Crippen MR) is 61.3 cm³/mol. The van der Waals surface area contributed by atoms with Crippen LogP contribution in [0.1, 0.15) is 5.56 Å². The second-order valence-corrected chi connectivity index (χ2v) is 3.38. The van der Waals surface area contributed by atoms with E-state index in [4.69, 9.17) is 0 Å². The number of aromatic nitrogens is 4. The topological polar surface area (TPSA) is 58.9 Å². The maximum atomic E-state index is 4.21. The Hall–Kier alpha value is -2.43. The van der Waals surface area contributed by atoms with E-state index in [0.717, 1.165) is 16.5 Å². The molecule has 0 unspecified atom stereocenters. The van der Waals surface area contributed by atoms with Crippen molar-refractivity contribution in [3.05, 3.63) is 48.7 Å². The molecule has 2 heterocycles. The fourth-order valence-electron chi connectivity index (χ4n) is 1.58. The summed E-state index contributed by atoms with van der Waals surface area (Å²) in [6.45, 7) is 0. The van der Waals surface area contributed by atoms with Crippen LogP contribution in [0.25, 0.3) is 10.9 Å². The number of aromatic amines is 1. The molecular formula is C11H9N5. The third-order valence-electron chi connectivity index (χ3n) is 2.36. The van der Waals surface area contributed by atoms with Crippen LogP contribution in [0.15, 0.2) is 48.2 Å². The van der Waals surface area contributed by atoms with Crippen molar-refractivity contribution in [2.75, 3.05) is 0 Å². The number of hydrogen-bond acceptors (Lipinski definition) is 3. The van der Waals surface area contributed by atoms with Gasteiger partial charge in [0.15, 0.2) is 0 Å². The molecule has 78 valence electrons. The van der Waals surface area contributed by atoms with Gasteiger partial charge in [-0.1, -0.05) is 18.2 Å². The lowest BCUT2D eigenvalue weighted by Crippen LogP contribution is -1.85. The van der Waals surface area contributed by atoms with E-state index >= 15 is 0 Å². The summed E-state index contributed by atoms with van der Waals surface area (Å²) in [6.07, 6.45) is 6.80. The number of fused-ring (bicyclic) bond motifs is 1. The molecule has 0 radical (unpaired) electrons. The molecule has 0 amide bonds. The molecule has 0 atom stereocenters. The number of rotatable bonds is 2. The largest absolute Gasteiger partial charge is 0.361 e. The maximum absolute atomic E-state index is 4.21. The predicted octanol–water partition coefficient (Wildman–Crippen LogP) is 1.64. The minimum absolute atomic E-state index is 1.05. The Bertz CT molecular complexity index is 621. The molecule has 5 heteroatoms. The van der Waals surface area contributed by atoms with E-state index in [0.29, 0.717) is 0 Å². The van der Waals surface area contributed by atoms with Gasteiger partial charge in [0.1, 0.15) is 12.7 Å². The maximum Gasteiger partial charge on any atom is 0.141 e. The van der Waals surface area contributed by atoms with Crippen LogP contribution in [0, 0.1) is 0 Å². The molecule has 0 aliphatic carbocycles. The van der Waals surface area contributed by atoms with Gasteiger partial charge in [-0.2, -0.15) is 5.10 Å². The minimum atomic E-state index is 1.05. The quantitative estimate of drug-likeness (QED) is 0.655. The van der Waals surface area contributed by atoms with Gasteiger partial charge in [0, 0.05) is 22.7 Å². The van der Waals surface area contributed by atoms with Crippen molar-refractivity contribution < 1.29 is 0 Å². The van der Waals surface area contributed by atoms with Crippen LogP contribution in [0.4, 0.5) is 0 Å². The van der Waals surface area contributed by atoms with Gasteiger partial charge in [0.05, 0.1) is 6.21 Å². The summed E-state index contributed by atoms with van der Waals surface area (Å²) >= 11 is 0. The lowest BCUT2D eigenvalue weighted by Gasteiger charge is -1.90. The number of H-pyrrole nitrogens is 1. The van der Waals surface area contributed by atoms with Crippen molar-refractivity contribution in [2.45, 2.75) is 0 Å². The molecule has 0 saturated carbocycles. The van der Waals surface area contributed by atoms with Crippen molar-refractivity contribution in [3.63, 3.8) is 0 Å². The molecule has 5 nitrogen and oxygen atoms in total. The molecule has 3 rings (SSSR count). The van der Waals surface area contributed by atoms with E-state index in [1.54, 1.807) is 23.5 Å². The number of nitrogens with one attached hydrogen (secondary N) is 1. The molecule has 0 aliphatic heterocycles. The van der Waals surface area contributed by atoms with E-state index in [1.807, 2.05) is 24.4 Å². The van der Waals surface area contributed by atoms with Gasteiger partial charge in [0.25, 0.3) is 0 Å². The first-order valence-corrected chi connectivity index (χ1v) is 4.88. The van der Waals surface area contributed by atoms with Crippen LogP contribution in [0.5, 0.6) is 0 Å². The first-order chi connectivity index (χ1) is 7.93. The highest BCUT2D eigenvalue weighted by Gasteiger charge is 1.99. The van der Waals surface area contributed by atoms with Crippen LogP contribution >= 0.6 is 0 Å². The SMILES string of the molecule is C(=Nn1cnnc1)c1c[nH]c2ccccc12. The van der Waals surface area contributed by atoms with E-state index in [2.05, 4.69) is 26.3 Å². The molecule has 0 spiro atoms. The van der Waals surface area contributed by atoms with Gasteiger partial charge in [-0.25, -0.2) is 4.68 Å². The van der Waals surface area contributed by atoms with E-state index in [1.165, 1.54) is 0 Å². The van der Waals surface area contributed by atoms with Crippen LogP contribution < -0.4 is 0 Å². The zero-order chi connectivity index (χ0) is 10.8. The number of nitrogens with zero attached hydrogens (tertiary/aromatic N) is 4. The molecule has 1 N–H and O–H groups in total. The van der Waals surface area contributed by atoms with Crippen molar-refractivity contribution in [1.29, 1.82) is 0 Å². The zero-order valence-corrected chi connectivity index (χ0v) is 8.41.